The first-order chi connectivity index (χ1) is 19.6. The fraction of sp³-hybridized carbons (Fsp3) is 0.355. The monoisotopic (exact) mass is 581 g/mol. The second-order valence-corrected chi connectivity index (χ2v) is 11.5. The van der Waals surface area contributed by atoms with Gasteiger partial charge in [-0.1, -0.05) is 55.5 Å². The number of hydrogen-bond acceptors (Lipinski definition) is 6. The van der Waals surface area contributed by atoms with Crippen LogP contribution in [0.4, 0.5) is 5.69 Å². The zero-order valence-electron chi connectivity index (χ0n) is 24.2. The van der Waals surface area contributed by atoms with Crippen LogP contribution in [0.15, 0.2) is 83.8 Å². The quantitative estimate of drug-likeness (QED) is 0.305. The number of nitrogens with zero attached hydrogens (tertiary/aromatic N) is 2. The van der Waals surface area contributed by atoms with Crippen LogP contribution >= 0.6 is 0 Å². The molecule has 0 fully saturated rings. The van der Waals surface area contributed by atoms with Crippen molar-refractivity contribution in [1.29, 1.82) is 0 Å². The van der Waals surface area contributed by atoms with Gasteiger partial charge in [-0.15, -0.1) is 0 Å². The molecular weight excluding hydrogens is 542 g/mol. The molecule has 0 saturated carbocycles. The third-order valence-electron chi connectivity index (χ3n) is 6.92. The lowest BCUT2D eigenvalue weighted by atomic mass is 10.1. The normalized spacial score (nSPS) is 12.6. The molecule has 41 heavy (non-hydrogen) atoms. The zero-order chi connectivity index (χ0) is 30.0. The maximum atomic E-state index is 14.0. The Hall–Kier alpha value is -4.05. The Bertz CT molecular complexity index is 1400. The number of rotatable bonds is 14. The molecule has 3 aromatic carbocycles. The van der Waals surface area contributed by atoms with E-state index >= 15 is 0 Å². The number of hydrogen-bond donors (Lipinski definition) is 1. The molecule has 220 valence electrons. The van der Waals surface area contributed by atoms with E-state index < -0.39 is 28.5 Å². The standard InChI is InChI=1S/C31H39N3O6S/c1-6-23(2)32-31(36)24(3)33(20-19-25-13-9-7-10-14-25)30(35)22-34(41(37,38)27-15-11-8-12-16-27)26-17-18-28(39-4)29(21-26)40-5/h7-18,21,23-24H,6,19-20,22H2,1-5H3,(H,32,36). The van der Waals surface area contributed by atoms with Gasteiger partial charge in [0.2, 0.25) is 11.8 Å². The first-order valence-electron chi connectivity index (χ1n) is 13.6. The molecule has 0 bridgehead atoms. The molecule has 3 rings (SSSR count). The first kappa shape index (κ1) is 31.5. The van der Waals surface area contributed by atoms with E-state index in [0.29, 0.717) is 17.9 Å². The van der Waals surface area contributed by atoms with Gasteiger partial charge in [-0.2, -0.15) is 0 Å². The SMILES string of the molecule is CCC(C)NC(=O)C(C)N(CCc1ccccc1)C(=O)CN(c1ccc(OC)c(OC)c1)S(=O)(=O)c1ccccc1. The van der Waals surface area contributed by atoms with Crippen LogP contribution in [-0.4, -0.2) is 64.5 Å². The van der Waals surface area contributed by atoms with Crippen LogP contribution in [0.25, 0.3) is 0 Å². The van der Waals surface area contributed by atoms with Crippen molar-refractivity contribution in [3.05, 3.63) is 84.4 Å². The van der Waals surface area contributed by atoms with Gasteiger partial charge in [0.1, 0.15) is 12.6 Å². The number of carbonyl (C=O) groups is 2. The lowest BCUT2D eigenvalue weighted by Crippen LogP contribution is -2.53. The molecule has 9 nitrogen and oxygen atoms in total. The van der Waals surface area contributed by atoms with Gasteiger partial charge in [0.05, 0.1) is 24.8 Å². The van der Waals surface area contributed by atoms with Crippen LogP contribution in [0, 0.1) is 0 Å². The number of ether oxygens (including phenoxy) is 2. The highest BCUT2D eigenvalue weighted by molar-refractivity contribution is 7.92. The Balaban J connectivity index is 2.02. The molecule has 0 aromatic heterocycles. The summed E-state index contributed by atoms with van der Waals surface area (Å²) < 4.78 is 39.6. The van der Waals surface area contributed by atoms with Gasteiger partial charge >= 0.3 is 0 Å². The lowest BCUT2D eigenvalue weighted by Gasteiger charge is -2.32. The molecular formula is C31H39N3O6S. The summed E-state index contributed by atoms with van der Waals surface area (Å²) in [7, 11) is -1.24. The van der Waals surface area contributed by atoms with Gasteiger partial charge in [0.25, 0.3) is 10.0 Å². The largest absolute Gasteiger partial charge is 0.493 e. The highest BCUT2D eigenvalue weighted by Crippen LogP contribution is 2.34. The van der Waals surface area contributed by atoms with E-state index in [1.54, 1.807) is 37.3 Å². The van der Waals surface area contributed by atoms with Gasteiger partial charge in [-0.3, -0.25) is 13.9 Å². The van der Waals surface area contributed by atoms with Gasteiger partial charge in [-0.25, -0.2) is 8.42 Å². The van der Waals surface area contributed by atoms with E-state index in [1.807, 2.05) is 44.2 Å². The van der Waals surface area contributed by atoms with Crippen LogP contribution < -0.4 is 19.1 Å². The van der Waals surface area contributed by atoms with Crippen LogP contribution in [0.5, 0.6) is 11.5 Å². The van der Waals surface area contributed by atoms with Crippen molar-refractivity contribution in [3.8, 4) is 11.5 Å². The highest BCUT2D eigenvalue weighted by atomic mass is 32.2. The predicted molar refractivity (Wildman–Crippen MR) is 160 cm³/mol. The fourth-order valence-electron chi connectivity index (χ4n) is 4.26. The van der Waals surface area contributed by atoms with Crippen molar-refractivity contribution in [2.24, 2.45) is 0 Å². The molecule has 2 amide bonds. The third kappa shape index (κ3) is 8.00. The van der Waals surface area contributed by atoms with Gasteiger partial charge in [0, 0.05) is 18.7 Å². The van der Waals surface area contributed by atoms with E-state index in [0.717, 1.165) is 16.3 Å². The zero-order valence-corrected chi connectivity index (χ0v) is 25.1. The molecule has 0 radical (unpaired) electrons. The predicted octanol–water partition coefficient (Wildman–Crippen LogP) is 4.27. The average molecular weight is 582 g/mol. The Morgan fingerprint density at radius 1 is 0.878 bits per heavy atom. The van der Waals surface area contributed by atoms with E-state index in [2.05, 4.69) is 5.32 Å². The number of benzene rings is 3. The van der Waals surface area contributed by atoms with E-state index in [4.69, 9.17) is 9.47 Å². The van der Waals surface area contributed by atoms with Crippen molar-refractivity contribution >= 4 is 27.5 Å². The van der Waals surface area contributed by atoms with Crippen LogP contribution in [0.3, 0.4) is 0 Å². The summed E-state index contributed by atoms with van der Waals surface area (Å²) in [6.07, 6.45) is 1.23. The number of anilines is 1. The molecule has 10 heteroatoms. The van der Waals surface area contributed by atoms with Crippen molar-refractivity contribution < 1.29 is 27.5 Å². The lowest BCUT2D eigenvalue weighted by molar-refractivity contribution is -0.139. The minimum atomic E-state index is -4.17. The minimum Gasteiger partial charge on any atom is -0.493 e. The number of amides is 2. The number of sulfonamides is 1. The Morgan fingerprint density at radius 2 is 1.49 bits per heavy atom. The van der Waals surface area contributed by atoms with E-state index in [9.17, 15) is 18.0 Å². The summed E-state index contributed by atoms with van der Waals surface area (Å²) in [5, 5.41) is 2.94. The van der Waals surface area contributed by atoms with Gasteiger partial charge < -0.3 is 19.7 Å². The molecule has 0 spiro atoms. The van der Waals surface area contributed by atoms with Crippen molar-refractivity contribution in [3.63, 3.8) is 0 Å². The summed E-state index contributed by atoms with van der Waals surface area (Å²) in [6.45, 7) is 5.22. The topological polar surface area (TPSA) is 105 Å². The summed E-state index contributed by atoms with van der Waals surface area (Å²) in [4.78, 5) is 28.6. The van der Waals surface area contributed by atoms with Crippen LogP contribution in [-0.2, 0) is 26.0 Å². The van der Waals surface area contributed by atoms with Crippen molar-refractivity contribution in [2.75, 3.05) is 31.6 Å². The molecule has 0 saturated heterocycles. The van der Waals surface area contributed by atoms with Gasteiger partial charge in [-0.05, 0) is 56.5 Å². The maximum Gasteiger partial charge on any atom is 0.264 e. The van der Waals surface area contributed by atoms with Crippen molar-refractivity contribution in [1.82, 2.24) is 10.2 Å². The van der Waals surface area contributed by atoms with Crippen molar-refractivity contribution in [2.45, 2.75) is 50.6 Å². The van der Waals surface area contributed by atoms with Crippen LogP contribution in [0.1, 0.15) is 32.8 Å². The molecule has 0 heterocycles. The van der Waals surface area contributed by atoms with Gasteiger partial charge in [0.15, 0.2) is 11.5 Å². The summed E-state index contributed by atoms with van der Waals surface area (Å²) in [6, 6.07) is 21.3. The second kappa shape index (κ2) is 14.5. The second-order valence-electron chi connectivity index (χ2n) is 9.68. The van der Waals surface area contributed by atoms with Crippen LogP contribution in [0.2, 0.25) is 0 Å². The van der Waals surface area contributed by atoms with E-state index in [1.165, 1.54) is 37.3 Å². The average Bonchev–Trinajstić information content (AvgIpc) is 3.00. The number of nitrogens with one attached hydrogen (secondary N) is 1. The Labute approximate surface area is 243 Å². The smallest absolute Gasteiger partial charge is 0.264 e. The molecule has 1 N–H and O–H groups in total. The molecule has 0 aliphatic rings. The van der Waals surface area contributed by atoms with E-state index in [-0.39, 0.29) is 29.1 Å². The highest BCUT2D eigenvalue weighted by Gasteiger charge is 2.33. The Morgan fingerprint density at radius 3 is 2.07 bits per heavy atom. The summed E-state index contributed by atoms with van der Waals surface area (Å²) in [5.41, 5.74) is 1.22. The molecule has 2 atom stereocenters. The minimum absolute atomic E-state index is 0.0287. The fourth-order valence-corrected chi connectivity index (χ4v) is 5.69. The number of carbonyl (C=O) groups excluding carboxylic acids is 2. The number of methoxy groups -OCH3 is 2. The maximum absolute atomic E-state index is 14.0. The third-order valence-corrected chi connectivity index (χ3v) is 8.71. The Kier molecular flexibility index (Phi) is 11.2. The molecule has 2 unspecified atom stereocenters. The molecule has 0 aliphatic carbocycles. The summed E-state index contributed by atoms with van der Waals surface area (Å²) >= 11 is 0. The molecule has 0 aliphatic heterocycles. The first-order valence-corrected chi connectivity index (χ1v) is 15.0. The summed E-state index contributed by atoms with van der Waals surface area (Å²) in [5.74, 6) is -0.0845. The molecule has 3 aromatic rings.